The molecule has 12 heteroatoms. The Balaban J connectivity index is 2.02. The first-order chi connectivity index (χ1) is 12.6. The third kappa shape index (κ3) is 6.29. The molecule has 0 bridgehead atoms. The van der Waals surface area contributed by atoms with Crippen LogP contribution in [0.2, 0.25) is 5.02 Å². The smallest absolute Gasteiger partial charge is 0.476 e. The third-order valence-electron chi connectivity index (χ3n) is 3.80. The van der Waals surface area contributed by atoms with Gasteiger partial charge in [-0.15, -0.1) is 24.9 Å². The number of carboxylic acid groups (broad SMARTS) is 1. The Morgan fingerprint density at radius 1 is 1.33 bits per heavy atom. The van der Waals surface area contributed by atoms with Crippen LogP contribution in [0.3, 0.4) is 0 Å². The van der Waals surface area contributed by atoms with Crippen LogP contribution in [-0.4, -0.2) is 35.8 Å². The molecule has 0 amide bonds. The van der Waals surface area contributed by atoms with Crippen molar-refractivity contribution < 1.29 is 27.8 Å². The molecular formula is C15H18ClF3N4O3S. The summed E-state index contributed by atoms with van der Waals surface area (Å²) in [5.41, 5.74) is 8.07. The predicted molar refractivity (Wildman–Crippen MR) is 97.1 cm³/mol. The van der Waals surface area contributed by atoms with Crippen LogP contribution in [0.4, 0.5) is 18.9 Å². The lowest BCUT2D eigenvalue weighted by atomic mass is 10.1. The van der Waals surface area contributed by atoms with Gasteiger partial charge in [0.25, 0.3) is 0 Å². The highest BCUT2D eigenvalue weighted by Gasteiger charge is 2.31. The quantitative estimate of drug-likeness (QED) is 0.312. The summed E-state index contributed by atoms with van der Waals surface area (Å²) in [5, 5.41) is 9.25. The van der Waals surface area contributed by atoms with Crippen molar-refractivity contribution in [2.24, 2.45) is 11.6 Å². The van der Waals surface area contributed by atoms with Gasteiger partial charge in [0.2, 0.25) is 0 Å². The Hall–Kier alpha value is -1.98. The molecule has 6 N–H and O–H groups in total. The maximum atomic E-state index is 12.4. The zero-order valence-corrected chi connectivity index (χ0v) is 15.5. The second-order valence-corrected chi connectivity index (χ2v) is 7.46. The number of anilines is 1. The van der Waals surface area contributed by atoms with Crippen molar-refractivity contribution in [3.8, 4) is 5.75 Å². The average Bonchev–Trinajstić information content (AvgIpc) is 2.53. The van der Waals surface area contributed by atoms with Crippen LogP contribution < -0.4 is 26.6 Å². The lowest BCUT2D eigenvalue weighted by molar-refractivity contribution is -0.274. The maximum Gasteiger partial charge on any atom is 0.573 e. The lowest BCUT2D eigenvalue weighted by Crippen LogP contribution is -2.35. The molecular weight excluding hydrogens is 409 g/mol. The molecule has 1 aromatic carbocycles. The predicted octanol–water partition coefficient (Wildman–Crippen LogP) is 2.62. The summed E-state index contributed by atoms with van der Waals surface area (Å²) in [5.74, 6) is 3.52. The molecule has 1 aliphatic rings. The van der Waals surface area contributed by atoms with Gasteiger partial charge >= 0.3 is 12.3 Å². The van der Waals surface area contributed by atoms with E-state index in [9.17, 15) is 18.0 Å². The highest BCUT2D eigenvalue weighted by molar-refractivity contribution is 8.03. The van der Waals surface area contributed by atoms with Crippen LogP contribution in [0.5, 0.6) is 5.75 Å². The fraction of sp³-hybridized carbons (Fsp3) is 0.400. The van der Waals surface area contributed by atoms with Gasteiger partial charge in [-0.2, -0.15) is 0 Å². The van der Waals surface area contributed by atoms with Crippen molar-refractivity contribution >= 4 is 35.0 Å². The molecule has 0 aliphatic carbocycles. The van der Waals surface area contributed by atoms with E-state index in [4.69, 9.17) is 28.3 Å². The maximum absolute atomic E-state index is 12.4. The highest BCUT2D eigenvalue weighted by atomic mass is 35.5. The van der Waals surface area contributed by atoms with Crippen molar-refractivity contribution in [2.45, 2.75) is 24.5 Å². The largest absolute Gasteiger partial charge is 0.573 e. The number of alkyl halides is 3. The first-order valence-electron chi connectivity index (χ1n) is 7.76. The van der Waals surface area contributed by atoms with E-state index in [0.29, 0.717) is 31.6 Å². The Labute approximate surface area is 162 Å². The van der Waals surface area contributed by atoms with Crippen molar-refractivity contribution in [1.82, 2.24) is 5.43 Å². The molecule has 7 nitrogen and oxygen atoms in total. The molecule has 0 spiro atoms. The first kappa shape index (κ1) is 21.3. The van der Waals surface area contributed by atoms with Gasteiger partial charge < -0.3 is 25.9 Å². The molecule has 1 fully saturated rings. The molecule has 1 aromatic rings. The second-order valence-electron chi connectivity index (χ2n) is 5.69. The standard InChI is InChI=1S/C15H18ClF3N4O3S/c16-8-5-9(7-10(6-8)26-15(17,18)19)23-3-1-11(2-4-23)27-13(20)12(22-21)14(24)25/h5-7,11,22H,1-4,20-21H2,(H,24,25)/b13-12+. The number of nitrogens with zero attached hydrogens (tertiary/aromatic N) is 1. The molecule has 0 aromatic heterocycles. The number of benzene rings is 1. The Morgan fingerprint density at radius 2 is 1.96 bits per heavy atom. The monoisotopic (exact) mass is 426 g/mol. The van der Waals surface area contributed by atoms with Crippen molar-refractivity contribution in [1.29, 1.82) is 0 Å². The number of halogens is 4. The SMILES string of the molecule is NN/C(C(=O)O)=C(\N)SC1CCN(c2cc(Cl)cc(OC(F)(F)F)c2)CC1. The van der Waals surface area contributed by atoms with Gasteiger partial charge in [-0.3, -0.25) is 5.84 Å². The van der Waals surface area contributed by atoms with Crippen molar-refractivity contribution in [3.05, 3.63) is 33.9 Å². The van der Waals surface area contributed by atoms with Gasteiger partial charge in [0.15, 0.2) is 5.70 Å². The number of ether oxygens (including phenoxy) is 1. The van der Waals surface area contributed by atoms with E-state index in [1.165, 1.54) is 17.8 Å². The van der Waals surface area contributed by atoms with Crippen LogP contribution in [0, 0.1) is 0 Å². The number of nitrogens with one attached hydrogen (secondary N) is 1. The van der Waals surface area contributed by atoms with Gasteiger partial charge in [-0.25, -0.2) is 4.79 Å². The van der Waals surface area contributed by atoms with E-state index in [0.717, 1.165) is 6.07 Å². The first-order valence-corrected chi connectivity index (χ1v) is 9.02. The summed E-state index contributed by atoms with van der Waals surface area (Å²) in [6.45, 7) is 1.07. The highest BCUT2D eigenvalue weighted by Crippen LogP contribution is 2.34. The minimum atomic E-state index is -4.80. The summed E-state index contributed by atoms with van der Waals surface area (Å²) in [4.78, 5) is 12.9. The van der Waals surface area contributed by atoms with Crippen LogP contribution in [0.1, 0.15) is 12.8 Å². The average molecular weight is 427 g/mol. The van der Waals surface area contributed by atoms with E-state index in [1.54, 1.807) is 6.07 Å². The Kier molecular flexibility index (Phi) is 6.95. The number of carboxylic acids is 1. The molecule has 2 rings (SSSR count). The van der Waals surface area contributed by atoms with Crippen molar-refractivity contribution in [3.63, 3.8) is 0 Å². The molecule has 0 atom stereocenters. The number of thioether (sulfide) groups is 1. The number of rotatable bonds is 6. The molecule has 0 saturated carbocycles. The minimum Gasteiger partial charge on any atom is -0.476 e. The molecule has 1 aliphatic heterocycles. The van der Waals surface area contributed by atoms with Gasteiger partial charge in [0, 0.05) is 35.1 Å². The lowest BCUT2D eigenvalue weighted by Gasteiger charge is -2.33. The fourth-order valence-electron chi connectivity index (χ4n) is 2.63. The molecule has 150 valence electrons. The molecule has 0 radical (unpaired) electrons. The number of carbonyl (C=O) groups is 1. The number of hydrogen-bond acceptors (Lipinski definition) is 7. The van der Waals surface area contributed by atoms with E-state index < -0.39 is 12.3 Å². The van der Waals surface area contributed by atoms with E-state index >= 15 is 0 Å². The summed E-state index contributed by atoms with van der Waals surface area (Å²) in [6, 6.07) is 3.94. The van der Waals surface area contributed by atoms with Gasteiger partial charge in [0.05, 0.1) is 5.03 Å². The number of hydrazine groups is 1. The number of nitrogens with two attached hydrogens (primary N) is 2. The number of piperidine rings is 1. The van der Waals surface area contributed by atoms with Crippen LogP contribution in [-0.2, 0) is 4.79 Å². The van der Waals surface area contributed by atoms with Gasteiger partial charge in [-0.05, 0) is 25.0 Å². The fourth-order valence-corrected chi connectivity index (χ4v) is 3.92. The van der Waals surface area contributed by atoms with Crippen LogP contribution >= 0.6 is 23.4 Å². The topological polar surface area (TPSA) is 114 Å². The summed E-state index contributed by atoms with van der Waals surface area (Å²) >= 11 is 7.10. The summed E-state index contributed by atoms with van der Waals surface area (Å²) < 4.78 is 41.2. The zero-order chi connectivity index (χ0) is 20.2. The molecule has 27 heavy (non-hydrogen) atoms. The van der Waals surface area contributed by atoms with E-state index in [-0.39, 0.29) is 26.7 Å². The zero-order valence-electron chi connectivity index (χ0n) is 13.9. The van der Waals surface area contributed by atoms with E-state index in [1.807, 2.05) is 4.90 Å². The third-order valence-corrected chi connectivity index (χ3v) is 5.28. The van der Waals surface area contributed by atoms with Crippen LogP contribution in [0.15, 0.2) is 28.9 Å². The summed E-state index contributed by atoms with van der Waals surface area (Å²) in [7, 11) is 0. The number of aliphatic carboxylic acids is 1. The molecule has 1 heterocycles. The molecule has 1 saturated heterocycles. The van der Waals surface area contributed by atoms with Gasteiger partial charge in [-0.1, -0.05) is 11.6 Å². The second kappa shape index (κ2) is 8.81. The van der Waals surface area contributed by atoms with Crippen LogP contribution in [0.25, 0.3) is 0 Å². The Morgan fingerprint density at radius 3 is 2.48 bits per heavy atom. The Bertz CT molecular complexity index is 725. The van der Waals surface area contributed by atoms with Gasteiger partial charge in [0.1, 0.15) is 5.75 Å². The minimum absolute atomic E-state index is 0.0500. The van der Waals surface area contributed by atoms with Crippen molar-refractivity contribution in [2.75, 3.05) is 18.0 Å². The summed E-state index contributed by atoms with van der Waals surface area (Å²) in [6.07, 6.45) is -3.51. The number of hydrogen-bond donors (Lipinski definition) is 4. The normalized spacial score (nSPS) is 16.7. The van der Waals surface area contributed by atoms with E-state index in [2.05, 4.69) is 10.2 Å². The molecule has 0 unspecified atom stereocenters.